The molecule has 0 bridgehead atoms. The standard InChI is InChI=1S/C12H13N3O2/c1-9(16)7-10-4-6-15(14-10)8-11-12(17)3-2-5-13-11/h2-6,17H,7-8H2,1H3. The van der Waals surface area contributed by atoms with Crippen molar-refractivity contribution in [3.05, 3.63) is 42.0 Å². The van der Waals surface area contributed by atoms with Crippen LogP contribution in [0.25, 0.3) is 0 Å². The molecule has 88 valence electrons. The maximum absolute atomic E-state index is 10.9. The Labute approximate surface area is 98.7 Å². The molecule has 5 heteroatoms. The van der Waals surface area contributed by atoms with Crippen molar-refractivity contribution in [2.75, 3.05) is 0 Å². The van der Waals surface area contributed by atoms with Gasteiger partial charge in [-0.25, -0.2) is 0 Å². The molecule has 0 aliphatic heterocycles. The molecule has 0 aromatic carbocycles. The molecule has 0 aliphatic carbocycles. The van der Waals surface area contributed by atoms with Gasteiger partial charge in [-0.1, -0.05) is 0 Å². The summed E-state index contributed by atoms with van der Waals surface area (Å²) in [6.07, 6.45) is 3.72. The highest BCUT2D eigenvalue weighted by atomic mass is 16.3. The first kappa shape index (κ1) is 11.3. The Kier molecular flexibility index (Phi) is 3.18. The van der Waals surface area contributed by atoms with E-state index in [1.807, 2.05) is 0 Å². The second kappa shape index (κ2) is 4.78. The van der Waals surface area contributed by atoms with Gasteiger partial charge >= 0.3 is 0 Å². The minimum absolute atomic E-state index is 0.0796. The monoisotopic (exact) mass is 231 g/mol. The van der Waals surface area contributed by atoms with Gasteiger partial charge in [0.25, 0.3) is 0 Å². The highest BCUT2D eigenvalue weighted by Crippen LogP contribution is 2.13. The van der Waals surface area contributed by atoms with Crippen LogP contribution in [0.2, 0.25) is 0 Å². The van der Waals surface area contributed by atoms with Gasteiger partial charge in [0.05, 0.1) is 18.7 Å². The number of Topliss-reactive ketones (excluding diaryl/α,β-unsaturated/α-hetero) is 1. The van der Waals surface area contributed by atoms with Crippen LogP contribution in [0, 0.1) is 0 Å². The van der Waals surface area contributed by atoms with Gasteiger partial charge in [0.1, 0.15) is 17.2 Å². The number of pyridine rings is 1. The second-order valence-electron chi connectivity index (χ2n) is 3.85. The maximum atomic E-state index is 10.9. The van der Waals surface area contributed by atoms with Crippen LogP contribution in [0.15, 0.2) is 30.6 Å². The molecule has 0 unspecified atom stereocenters. The van der Waals surface area contributed by atoms with Crippen molar-refractivity contribution in [3.8, 4) is 5.75 Å². The lowest BCUT2D eigenvalue weighted by Crippen LogP contribution is -2.04. The van der Waals surface area contributed by atoms with Crippen molar-refractivity contribution >= 4 is 5.78 Å². The van der Waals surface area contributed by atoms with Crippen LogP contribution in [-0.4, -0.2) is 25.7 Å². The van der Waals surface area contributed by atoms with Crippen molar-refractivity contribution in [3.63, 3.8) is 0 Å². The van der Waals surface area contributed by atoms with Crippen molar-refractivity contribution in [2.45, 2.75) is 19.9 Å². The van der Waals surface area contributed by atoms with E-state index >= 15 is 0 Å². The molecule has 0 atom stereocenters. The number of carbonyl (C=O) groups excluding carboxylic acids is 1. The van der Waals surface area contributed by atoms with E-state index in [0.717, 1.165) is 5.69 Å². The lowest BCUT2D eigenvalue weighted by Gasteiger charge is -2.02. The third-order valence-corrected chi connectivity index (χ3v) is 2.30. The van der Waals surface area contributed by atoms with Crippen molar-refractivity contribution < 1.29 is 9.90 Å². The Bertz CT molecular complexity index is 534. The number of rotatable bonds is 4. The zero-order valence-corrected chi connectivity index (χ0v) is 9.50. The molecule has 0 amide bonds. The molecule has 2 rings (SSSR count). The summed E-state index contributed by atoms with van der Waals surface area (Å²) in [6, 6.07) is 5.05. The molecule has 0 saturated heterocycles. The quantitative estimate of drug-likeness (QED) is 0.857. The number of nitrogens with zero attached hydrogens (tertiary/aromatic N) is 3. The summed E-state index contributed by atoms with van der Waals surface area (Å²) in [7, 11) is 0. The molecule has 2 aromatic rings. The van der Waals surface area contributed by atoms with E-state index in [-0.39, 0.29) is 11.5 Å². The fourth-order valence-electron chi connectivity index (χ4n) is 1.55. The van der Waals surface area contributed by atoms with Crippen molar-refractivity contribution in [1.82, 2.24) is 14.8 Å². The van der Waals surface area contributed by atoms with Gasteiger partial charge < -0.3 is 5.11 Å². The Morgan fingerprint density at radius 2 is 2.29 bits per heavy atom. The van der Waals surface area contributed by atoms with E-state index in [1.54, 1.807) is 35.3 Å². The third-order valence-electron chi connectivity index (χ3n) is 2.30. The normalized spacial score (nSPS) is 10.4. The van der Waals surface area contributed by atoms with Gasteiger partial charge in [-0.15, -0.1) is 0 Å². The van der Waals surface area contributed by atoms with Gasteiger partial charge in [0, 0.05) is 12.4 Å². The first-order chi connectivity index (χ1) is 8.15. The van der Waals surface area contributed by atoms with Gasteiger partial charge in [-0.3, -0.25) is 14.5 Å². The van der Waals surface area contributed by atoms with Crippen LogP contribution in [0.3, 0.4) is 0 Å². The first-order valence-electron chi connectivity index (χ1n) is 5.30. The summed E-state index contributed by atoms with van der Waals surface area (Å²) >= 11 is 0. The molecule has 5 nitrogen and oxygen atoms in total. The first-order valence-corrected chi connectivity index (χ1v) is 5.30. The fraction of sp³-hybridized carbons (Fsp3) is 0.250. The van der Waals surface area contributed by atoms with Gasteiger partial charge in [0.2, 0.25) is 0 Å². The second-order valence-corrected chi connectivity index (χ2v) is 3.85. The summed E-state index contributed by atoms with van der Waals surface area (Å²) in [6.45, 7) is 1.92. The van der Waals surface area contributed by atoms with E-state index < -0.39 is 0 Å². The van der Waals surface area contributed by atoms with Gasteiger partial charge in [-0.05, 0) is 25.1 Å². The van der Waals surface area contributed by atoms with Crippen LogP contribution in [0.4, 0.5) is 0 Å². The average molecular weight is 231 g/mol. The number of aromatic nitrogens is 3. The molecule has 0 fully saturated rings. The molecule has 0 radical (unpaired) electrons. The largest absolute Gasteiger partial charge is 0.506 e. The lowest BCUT2D eigenvalue weighted by molar-refractivity contribution is -0.116. The summed E-state index contributed by atoms with van der Waals surface area (Å²) in [4.78, 5) is 15.0. The molecule has 2 aromatic heterocycles. The smallest absolute Gasteiger partial charge is 0.139 e. The van der Waals surface area contributed by atoms with E-state index in [2.05, 4.69) is 10.1 Å². The predicted octanol–water partition coefficient (Wildman–Crippen LogP) is 1.16. The fourth-order valence-corrected chi connectivity index (χ4v) is 1.55. The van der Waals surface area contributed by atoms with Crippen molar-refractivity contribution in [1.29, 1.82) is 0 Å². The van der Waals surface area contributed by atoms with Crippen LogP contribution >= 0.6 is 0 Å². The van der Waals surface area contributed by atoms with Crippen LogP contribution < -0.4 is 0 Å². The van der Waals surface area contributed by atoms with E-state index in [0.29, 0.717) is 18.7 Å². The number of hydrogen-bond acceptors (Lipinski definition) is 4. The SMILES string of the molecule is CC(=O)Cc1ccn(Cc2ncccc2O)n1. The predicted molar refractivity (Wildman–Crippen MR) is 61.6 cm³/mol. The molecule has 0 saturated carbocycles. The highest BCUT2D eigenvalue weighted by Gasteiger charge is 2.05. The number of carbonyl (C=O) groups is 1. The Morgan fingerprint density at radius 3 is 3.00 bits per heavy atom. The zero-order chi connectivity index (χ0) is 12.3. The molecule has 1 N–H and O–H groups in total. The van der Waals surface area contributed by atoms with Gasteiger partial charge in [0.15, 0.2) is 0 Å². The molecule has 0 spiro atoms. The summed E-state index contributed by atoms with van der Waals surface area (Å²) in [5, 5.41) is 13.8. The molecular weight excluding hydrogens is 218 g/mol. The number of aromatic hydroxyl groups is 1. The van der Waals surface area contributed by atoms with Gasteiger partial charge in [-0.2, -0.15) is 5.10 Å². The third kappa shape index (κ3) is 2.90. The molecule has 0 aliphatic rings. The van der Waals surface area contributed by atoms with Crippen LogP contribution in [0.1, 0.15) is 18.3 Å². The highest BCUT2D eigenvalue weighted by molar-refractivity contribution is 5.77. The molecule has 2 heterocycles. The van der Waals surface area contributed by atoms with Crippen molar-refractivity contribution in [2.24, 2.45) is 0 Å². The Hall–Kier alpha value is -2.17. The minimum Gasteiger partial charge on any atom is -0.506 e. The Balaban J connectivity index is 2.12. The topological polar surface area (TPSA) is 68.0 Å². The average Bonchev–Trinajstić information content (AvgIpc) is 2.68. The molecular formula is C12H13N3O2. The summed E-state index contributed by atoms with van der Waals surface area (Å²) < 4.78 is 1.65. The zero-order valence-electron chi connectivity index (χ0n) is 9.50. The summed E-state index contributed by atoms with van der Waals surface area (Å²) in [5.41, 5.74) is 1.29. The van der Waals surface area contributed by atoms with Crippen LogP contribution in [0.5, 0.6) is 5.75 Å². The maximum Gasteiger partial charge on any atom is 0.139 e. The van der Waals surface area contributed by atoms with E-state index in [1.165, 1.54) is 6.92 Å². The van der Waals surface area contributed by atoms with Crippen LogP contribution in [-0.2, 0) is 17.8 Å². The van der Waals surface area contributed by atoms with E-state index in [9.17, 15) is 9.90 Å². The number of hydrogen-bond donors (Lipinski definition) is 1. The minimum atomic E-state index is 0.0796. The number of ketones is 1. The van der Waals surface area contributed by atoms with E-state index in [4.69, 9.17) is 0 Å². The lowest BCUT2D eigenvalue weighted by atomic mass is 10.2. The molecule has 17 heavy (non-hydrogen) atoms. The Morgan fingerprint density at radius 1 is 1.47 bits per heavy atom. The summed E-state index contributed by atoms with van der Waals surface area (Å²) in [5.74, 6) is 0.229.